The Morgan fingerprint density at radius 3 is 3.05 bits per heavy atom. The minimum atomic E-state index is -0.249. The molecule has 0 saturated carbocycles. The molecule has 2 rings (SSSR count). The van der Waals surface area contributed by atoms with Crippen molar-refractivity contribution in [3.05, 3.63) is 34.1 Å². The van der Waals surface area contributed by atoms with Gasteiger partial charge in [-0.15, -0.1) is 0 Å². The summed E-state index contributed by atoms with van der Waals surface area (Å²) in [5, 5.41) is 6.46. The molecule has 0 amide bonds. The average molecular weight is 358 g/mol. The van der Waals surface area contributed by atoms with Crippen LogP contribution in [0, 0.1) is 5.82 Å². The van der Waals surface area contributed by atoms with E-state index in [1.807, 2.05) is 6.92 Å². The molecule has 1 fully saturated rings. The molecule has 4 nitrogen and oxygen atoms in total. The highest BCUT2D eigenvalue weighted by Gasteiger charge is 2.15. The van der Waals surface area contributed by atoms with E-state index >= 15 is 0 Å². The lowest BCUT2D eigenvalue weighted by Crippen LogP contribution is -2.41. The van der Waals surface area contributed by atoms with Gasteiger partial charge in [0.2, 0.25) is 0 Å². The van der Waals surface area contributed by atoms with Gasteiger partial charge in [0.25, 0.3) is 0 Å². The lowest BCUT2D eigenvalue weighted by molar-refractivity contribution is 0.114. The number of hydrogen-bond donors (Lipinski definition) is 2. The monoisotopic (exact) mass is 357 g/mol. The third-order valence-electron chi connectivity index (χ3n) is 3.28. The maximum Gasteiger partial charge on any atom is 0.191 e. The molecule has 116 valence electrons. The van der Waals surface area contributed by atoms with E-state index in [-0.39, 0.29) is 11.9 Å². The standard InChI is InChI=1S/C15H21BrFN3O/c1-2-18-15(20-10-13-4-3-7-21-13)19-9-11-8-12(17)5-6-14(11)16/h5-6,8,13H,2-4,7,9-10H2,1H3,(H2,18,19,20). The molecule has 0 radical (unpaired) electrons. The maximum absolute atomic E-state index is 13.3. The molecule has 1 aromatic carbocycles. The summed E-state index contributed by atoms with van der Waals surface area (Å²) >= 11 is 3.42. The van der Waals surface area contributed by atoms with Crippen LogP contribution in [0.4, 0.5) is 4.39 Å². The van der Waals surface area contributed by atoms with E-state index in [2.05, 4.69) is 31.6 Å². The second-order valence-electron chi connectivity index (χ2n) is 4.95. The summed E-state index contributed by atoms with van der Waals surface area (Å²) < 4.78 is 19.7. The minimum absolute atomic E-state index is 0.249. The SMILES string of the molecule is CCNC(=NCc1cc(F)ccc1Br)NCC1CCCO1. The fourth-order valence-electron chi connectivity index (χ4n) is 2.19. The summed E-state index contributed by atoms with van der Waals surface area (Å²) in [6.45, 7) is 4.80. The first-order valence-corrected chi connectivity index (χ1v) is 8.06. The van der Waals surface area contributed by atoms with Crippen molar-refractivity contribution in [1.29, 1.82) is 0 Å². The molecule has 2 N–H and O–H groups in total. The van der Waals surface area contributed by atoms with E-state index in [9.17, 15) is 4.39 Å². The van der Waals surface area contributed by atoms with Gasteiger partial charge >= 0.3 is 0 Å². The molecule has 1 saturated heterocycles. The average Bonchev–Trinajstić information content (AvgIpc) is 2.98. The third kappa shape index (κ3) is 5.28. The van der Waals surface area contributed by atoms with Gasteiger partial charge in [0.05, 0.1) is 12.6 Å². The Labute approximate surface area is 133 Å². The van der Waals surface area contributed by atoms with Gasteiger partial charge in [-0.1, -0.05) is 15.9 Å². The predicted molar refractivity (Wildman–Crippen MR) is 85.9 cm³/mol. The number of nitrogens with zero attached hydrogens (tertiary/aromatic N) is 1. The van der Waals surface area contributed by atoms with E-state index < -0.39 is 0 Å². The van der Waals surface area contributed by atoms with Gasteiger partial charge in [0, 0.05) is 24.2 Å². The van der Waals surface area contributed by atoms with Gasteiger partial charge in [-0.3, -0.25) is 0 Å². The van der Waals surface area contributed by atoms with Crippen LogP contribution in [-0.2, 0) is 11.3 Å². The first-order valence-electron chi connectivity index (χ1n) is 7.26. The summed E-state index contributed by atoms with van der Waals surface area (Å²) in [5.74, 6) is 0.477. The molecule has 1 heterocycles. The van der Waals surface area contributed by atoms with E-state index in [4.69, 9.17) is 4.74 Å². The number of benzene rings is 1. The Balaban J connectivity index is 1.94. The summed E-state index contributed by atoms with van der Waals surface area (Å²) in [7, 11) is 0. The van der Waals surface area contributed by atoms with Crippen molar-refractivity contribution in [2.45, 2.75) is 32.4 Å². The first kappa shape index (κ1) is 16.2. The molecule has 1 unspecified atom stereocenters. The zero-order chi connectivity index (χ0) is 15.1. The van der Waals surface area contributed by atoms with Crippen LogP contribution < -0.4 is 10.6 Å². The third-order valence-corrected chi connectivity index (χ3v) is 4.05. The molecule has 0 bridgehead atoms. The van der Waals surface area contributed by atoms with Gasteiger partial charge in [0.1, 0.15) is 5.82 Å². The number of halogens is 2. The molecule has 1 aliphatic heterocycles. The Morgan fingerprint density at radius 2 is 2.33 bits per heavy atom. The molecule has 1 aliphatic rings. The molecule has 0 aliphatic carbocycles. The Kier molecular flexibility index (Phi) is 6.45. The van der Waals surface area contributed by atoms with Gasteiger partial charge in [-0.05, 0) is 43.5 Å². The molecular formula is C15H21BrFN3O. The normalized spacial score (nSPS) is 18.8. The van der Waals surface area contributed by atoms with Crippen LogP contribution in [0.1, 0.15) is 25.3 Å². The van der Waals surface area contributed by atoms with Crippen molar-refractivity contribution < 1.29 is 9.13 Å². The van der Waals surface area contributed by atoms with Crippen molar-refractivity contribution in [3.63, 3.8) is 0 Å². The fraction of sp³-hybridized carbons (Fsp3) is 0.533. The Morgan fingerprint density at radius 1 is 1.48 bits per heavy atom. The topological polar surface area (TPSA) is 45.7 Å². The largest absolute Gasteiger partial charge is 0.376 e. The molecule has 1 atom stereocenters. The minimum Gasteiger partial charge on any atom is -0.376 e. The van der Waals surface area contributed by atoms with Crippen LogP contribution in [-0.4, -0.2) is 31.8 Å². The maximum atomic E-state index is 13.3. The summed E-state index contributed by atoms with van der Waals surface area (Å²) in [6, 6.07) is 4.63. The Bertz CT molecular complexity index is 490. The predicted octanol–water partition coefficient (Wildman–Crippen LogP) is 2.82. The highest BCUT2D eigenvalue weighted by molar-refractivity contribution is 9.10. The smallest absolute Gasteiger partial charge is 0.191 e. The molecular weight excluding hydrogens is 337 g/mol. The Hall–Kier alpha value is -1.14. The van der Waals surface area contributed by atoms with Crippen molar-refractivity contribution >= 4 is 21.9 Å². The lowest BCUT2D eigenvalue weighted by Gasteiger charge is -2.15. The van der Waals surface area contributed by atoms with Crippen LogP contribution in [0.2, 0.25) is 0 Å². The molecule has 1 aromatic rings. The van der Waals surface area contributed by atoms with E-state index in [0.717, 1.165) is 48.5 Å². The number of hydrogen-bond acceptors (Lipinski definition) is 2. The molecule has 0 aromatic heterocycles. The number of rotatable bonds is 5. The van der Waals surface area contributed by atoms with Crippen LogP contribution in [0.25, 0.3) is 0 Å². The first-order chi connectivity index (χ1) is 10.2. The molecule has 0 spiro atoms. The second kappa shape index (κ2) is 8.34. The van der Waals surface area contributed by atoms with Crippen molar-refractivity contribution in [2.75, 3.05) is 19.7 Å². The van der Waals surface area contributed by atoms with Crippen LogP contribution >= 0.6 is 15.9 Å². The van der Waals surface area contributed by atoms with Gasteiger partial charge in [-0.25, -0.2) is 9.38 Å². The number of nitrogens with one attached hydrogen (secondary N) is 2. The summed E-state index contributed by atoms with van der Waals surface area (Å²) in [5.41, 5.74) is 0.823. The van der Waals surface area contributed by atoms with Crippen LogP contribution in [0.5, 0.6) is 0 Å². The van der Waals surface area contributed by atoms with E-state index in [1.54, 1.807) is 6.07 Å². The van der Waals surface area contributed by atoms with Crippen molar-refractivity contribution in [2.24, 2.45) is 4.99 Å². The molecule has 21 heavy (non-hydrogen) atoms. The highest BCUT2D eigenvalue weighted by atomic mass is 79.9. The van der Waals surface area contributed by atoms with Crippen molar-refractivity contribution in [1.82, 2.24) is 10.6 Å². The van der Waals surface area contributed by atoms with Gasteiger partial charge in [-0.2, -0.15) is 0 Å². The zero-order valence-electron chi connectivity index (χ0n) is 12.2. The highest BCUT2D eigenvalue weighted by Crippen LogP contribution is 2.18. The quantitative estimate of drug-likeness (QED) is 0.629. The van der Waals surface area contributed by atoms with Crippen LogP contribution in [0.3, 0.4) is 0 Å². The van der Waals surface area contributed by atoms with E-state index in [1.165, 1.54) is 12.1 Å². The number of guanidine groups is 1. The van der Waals surface area contributed by atoms with Crippen LogP contribution in [0.15, 0.2) is 27.7 Å². The number of aliphatic imine (C=N–C) groups is 1. The summed E-state index contributed by atoms with van der Waals surface area (Å²) in [4.78, 5) is 4.49. The zero-order valence-corrected chi connectivity index (χ0v) is 13.7. The van der Waals surface area contributed by atoms with E-state index in [0.29, 0.717) is 6.54 Å². The van der Waals surface area contributed by atoms with Crippen molar-refractivity contribution in [3.8, 4) is 0 Å². The number of ether oxygens (including phenoxy) is 1. The molecule has 6 heteroatoms. The second-order valence-corrected chi connectivity index (χ2v) is 5.80. The van der Waals surface area contributed by atoms with Gasteiger partial charge in [0.15, 0.2) is 5.96 Å². The lowest BCUT2D eigenvalue weighted by atomic mass is 10.2. The fourth-order valence-corrected chi connectivity index (χ4v) is 2.56. The summed E-state index contributed by atoms with van der Waals surface area (Å²) in [6.07, 6.45) is 2.47. The van der Waals surface area contributed by atoms with Gasteiger partial charge < -0.3 is 15.4 Å².